The third kappa shape index (κ3) is 12.6. The van der Waals surface area contributed by atoms with E-state index in [0.29, 0.717) is 61.3 Å². The third-order valence-corrected chi connectivity index (χ3v) is 21.1. The molecule has 0 spiro atoms. The fourth-order valence-electron chi connectivity index (χ4n) is 12.9. The number of fused-ring (bicyclic) bond motifs is 4. The van der Waals surface area contributed by atoms with Crippen molar-refractivity contribution in [1.82, 2.24) is 52.3 Å². The summed E-state index contributed by atoms with van der Waals surface area (Å²) >= 11 is 14.7. The lowest BCUT2D eigenvalue weighted by molar-refractivity contribution is -0.143. The van der Waals surface area contributed by atoms with Crippen molar-refractivity contribution in [3.63, 3.8) is 0 Å². The fourth-order valence-corrected chi connectivity index (χ4v) is 16.6. The minimum Gasteiger partial charge on any atom is -0.367 e. The highest BCUT2D eigenvalue weighted by molar-refractivity contribution is 8.00. The van der Waals surface area contributed by atoms with Crippen molar-refractivity contribution in [2.45, 2.75) is 165 Å². The van der Waals surface area contributed by atoms with Crippen molar-refractivity contribution >= 4 is 93.4 Å². The van der Waals surface area contributed by atoms with Crippen LogP contribution in [0.5, 0.6) is 0 Å². The van der Waals surface area contributed by atoms with Crippen molar-refractivity contribution in [3.8, 4) is 0 Å². The zero-order valence-electron chi connectivity index (χ0n) is 47.3. The van der Waals surface area contributed by atoms with Crippen molar-refractivity contribution in [2.75, 3.05) is 25.6 Å². The minimum atomic E-state index is -0.753. The molecule has 4 saturated heterocycles. The largest absolute Gasteiger partial charge is 0.367 e. The van der Waals surface area contributed by atoms with Gasteiger partial charge in [-0.1, -0.05) is 125 Å². The monoisotopic (exact) mass is 1160 g/mol. The average Bonchev–Trinajstić information content (AvgIpc) is 3.85. The van der Waals surface area contributed by atoms with Crippen molar-refractivity contribution in [3.05, 3.63) is 106 Å². The first-order valence-corrected chi connectivity index (χ1v) is 31.3. The lowest BCUT2D eigenvalue weighted by Gasteiger charge is -2.38. The van der Waals surface area contributed by atoms with Crippen LogP contribution in [0.1, 0.15) is 126 Å². The number of thioether (sulfide) groups is 2. The number of likely N-dealkylation sites (N-methyl/N-ethyl adjacent to an activating group) is 2. The van der Waals surface area contributed by atoms with Crippen LogP contribution in [0.4, 0.5) is 0 Å². The third-order valence-electron chi connectivity index (χ3n) is 17.6. The Bertz CT molecular complexity index is 2660. The van der Waals surface area contributed by atoms with Gasteiger partial charge in [0, 0.05) is 13.1 Å². The Morgan fingerprint density at radius 3 is 1.31 bits per heavy atom. The minimum absolute atomic E-state index is 0.118. The molecule has 0 aromatic heterocycles. The van der Waals surface area contributed by atoms with Gasteiger partial charge in [0.15, 0.2) is 0 Å². The summed E-state index contributed by atoms with van der Waals surface area (Å²) in [5.41, 5.74) is 4.66. The molecular weight excluding hydrogens is 1080 g/mol. The maximum atomic E-state index is 14.8. The topological polar surface area (TPSA) is 205 Å². The van der Waals surface area contributed by atoms with E-state index in [2.05, 4.69) is 54.7 Å². The van der Waals surface area contributed by atoms with Crippen LogP contribution in [-0.2, 0) is 54.7 Å². The van der Waals surface area contributed by atoms with Crippen LogP contribution in [0, 0.1) is 22.7 Å². The summed E-state index contributed by atoms with van der Waals surface area (Å²) in [5.74, 6) is -0.770. The maximum Gasteiger partial charge on any atom is 0.246 e. The van der Waals surface area contributed by atoms with Gasteiger partial charge in [0.1, 0.15) is 24.2 Å². The highest BCUT2D eigenvalue weighted by Crippen LogP contribution is 2.49. The first kappa shape index (κ1) is 59.5. The number of thiocarbonyl (C=S) groups is 2. The Labute approximate surface area is 491 Å². The molecule has 0 saturated carbocycles. The average molecular weight is 1170 g/mol. The van der Waals surface area contributed by atoms with Gasteiger partial charge in [0.2, 0.25) is 35.4 Å². The van der Waals surface area contributed by atoms with Gasteiger partial charge in [0.05, 0.1) is 56.7 Å². The Kier molecular flexibility index (Phi) is 18.7. The van der Waals surface area contributed by atoms with Gasteiger partial charge in [-0.15, -0.1) is 23.5 Å². The Balaban J connectivity index is 0.838. The quantitative estimate of drug-likeness (QED) is 0.0809. The number of aryl methyl sites for hydroxylation is 2. The molecule has 3 aromatic rings. The molecule has 2 aliphatic carbocycles. The molecule has 4 aliphatic heterocycles. The van der Waals surface area contributed by atoms with Crippen LogP contribution in [0.3, 0.4) is 0 Å². The standard InChI is InChI=1S/C60H80N10O6S4/c1-33(61-7)55(77)65-43-25-27-79-45-29-59(3,4)49(69(45)57(43)75)53(73)67-47-39-15-11-9-13-37(39)21-23-41(47)51(71)63-31-35-17-19-36(20-18-35)32-64-52(72)42-24-22-38-14-10-12-16-40(38)48(42)68-54(74)50-60(5,6)30-46-70(50)58(76)44(26-28-80-46)66-56(78)34(2)62-8/h9-20,33-34,41-50,61-62H,21-32H2,1-8H3,(H,63,71)(H,64,72)(H,65,77)(H,66,78)(H,67,73)(H,68,74)/t33-,34-,41+,42+,43-,44-,45-,46-,47-,48+,49+,50+/m0/s1. The summed E-state index contributed by atoms with van der Waals surface area (Å²) in [6, 6.07) is 19.6. The van der Waals surface area contributed by atoms with Gasteiger partial charge < -0.3 is 52.3 Å². The molecule has 20 heteroatoms. The molecule has 3 aromatic carbocycles. The lowest BCUT2D eigenvalue weighted by atomic mass is 9.78. The van der Waals surface area contributed by atoms with E-state index in [4.69, 9.17) is 24.4 Å². The summed E-state index contributed by atoms with van der Waals surface area (Å²) in [7, 11) is 3.65. The molecule has 16 nitrogen and oxygen atoms in total. The predicted molar refractivity (Wildman–Crippen MR) is 324 cm³/mol. The Morgan fingerprint density at radius 1 is 0.562 bits per heavy atom. The number of nitrogens with zero attached hydrogens (tertiary/aromatic N) is 2. The molecule has 430 valence electrons. The van der Waals surface area contributed by atoms with Gasteiger partial charge in [-0.25, -0.2) is 0 Å². The molecule has 80 heavy (non-hydrogen) atoms. The van der Waals surface area contributed by atoms with E-state index in [1.54, 1.807) is 33.3 Å². The number of hydrogen-bond acceptors (Lipinski definition) is 12. The number of hydrogen-bond donors (Lipinski definition) is 8. The smallest absolute Gasteiger partial charge is 0.246 e. The van der Waals surface area contributed by atoms with Gasteiger partial charge in [0.25, 0.3) is 0 Å². The zero-order valence-corrected chi connectivity index (χ0v) is 50.6. The summed E-state index contributed by atoms with van der Waals surface area (Å²) in [6.07, 6.45) is 4.94. The zero-order chi connectivity index (χ0) is 57.2. The van der Waals surface area contributed by atoms with Crippen LogP contribution in [0.25, 0.3) is 0 Å². The summed E-state index contributed by atoms with van der Waals surface area (Å²) in [5, 5.41) is 25.6. The van der Waals surface area contributed by atoms with Crippen LogP contribution in [0.15, 0.2) is 72.8 Å². The van der Waals surface area contributed by atoms with Crippen LogP contribution >= 0.6 is 48.0 Å². The van der Waals surface area contributed by atoms with Crippen molar-refractivity contribution in [1.29, 1.82) is 0 Å². The Morgan fingerprint density at radius 2 is 0.938 bits per heavy atom. The molecule has 0 unspecified atom stereocenters. The van der Waals surface area contributed by atoms with E-state index in [1.165, 1.54) is 0 Å². The number of rotatable bonds is 16. The van der Waals surface area contributed by atoms with Crippen LogP contribution in [0.2, 0.25) is 0 Å². The number of nitrogens with one attached hydrogen (secondary N) is 8. The van der Waals surface area contributed by atoms with Crippen molar-refractivity contribution < 1.29 is 28.8 Å². The SMILES string of the molecule is CN[C@@H](C)C(=S)N[C@H]1CCS[C@H]2CC(C)(C)[C@@H](C(=O)N[C@@H]3c4ccccc4CC[C@H]3C(=O)NCc3ccc(CNC(=O)[C@@H]4CCc5ccccc5[C@@H]4NC(=O)[C@H]4N5C(=O)[C@@H](NC(=S)[C@H](C)NC)CCS[C@H]5CC4(C)C)cc3)N2C1=O. The van der Waals surface area contributed by atoms with E-state index in [9.17, 15) is 28.8 Å². The second kappa shape index (κ2) is 25.2. The van der Waals surface area contributed by atoms with Crippen molar-refractivity contribution in [2.24, 2.45) is 22.7 Å². The molecule has 9 rings (SSSR count). The molecule has 0 bridgehead atoms. The molecule has 4 fully saturated rings. The number of carbonyl (C=O) groups is 6. The first-order valence-electron chi connectivity index (χ1n) is 28.4. The van der Waals surface area contributed by atoms with E-state index in [-0.39, 0.29) is 71.4 Å². The molecule has 6 aliphatic rings. The second-order valence-corrected chi connectivity index (χ2v) is 27.4. The van der Waals surface area contributed by atoms with Gasteiger partial charge in [-0.3, -0.25) is 28.8 Å². The first-order chi connectivity index (χ1) is 38.2. The predicted octanol–water partition coefficient (Wildman–Crippen LogP) is 5.73. The van der Waals surface area contributed by atoms with Gasteiger partial charge in [-0.2, -0.15) is 0 Å². The maximum absolute atomic E-state index is 14.8. The molecule has 6 amide bonds. The van der Waals surface area contributed by atoms with Crippen LogP contribution in [-0.4, -0.2) is 128 Å². The number of benzene rings is 3. The normalized spacial score (nSPS) is 28.2. The highest BCUT2D eigenvalue weighted by atomic mass is 32.2. The van der Waals surface area contributed by atoms with Crippen LogP contribution < -0.4 is 42.5 Å². The van der Waals surface area contributed by atoms with E-state index < -0.39 is 58.9 Å². The number of amides is 6. The van der Waals surface area contributed by atoms with E-state index in [1.807, 2.05) is 116 Å². The Hall–Kier alpha value is -5.12. The second-order valence-electron chi connectivity index (χ2n) is 24.0. The molecule has 4 heterocycles. The molecule has 12 atom stereocenters. The van der Waals surface area contributed by atoms with Gasteiger partial charge in [-0.05, 0) is 135 Å². The van der Waals surface area contributed by atoms with E-state index in [0.717, 1.165) is 44.9 Å². The fraction of sp³-hybridized carbons (Fsp3) is 0.567. The molecular formula is C60H80N10O6S4. The summed E-state index contributed by atoms with van der Waals surface area (Å²) in [6.45, 7) is 12.6. The molecule has 8 N–H and O–H groups in total. The number of carbonyl (C=O) groups excluding carboxylic acids is 6. The molecule has 0 radical (unpaired) electrons. The van der Waals surface area contributed by atoms with Gasteiger partial charge >= 0.3 is 0 Å². The summed E-state index contributed by atoms with van der Waals surface area (Å²) < 4.78 is 0. The lowest BCUT2D eigenvalue weighted by Crippen LogP contribution is -2.58. The van der Waals surface area contributed by atoms with E-state index >= 15 is 0 Å². The highest BCUT2D eigenvalue weighted by Gasteiger charge is 2.57. The summed E-state index contributed by atoms with van der Waals surface area (Å²) in [4.78, 5) is 91.9.